The van der Waals surface area contributed by atoms with E-state index in [9.17, 15) is 22.0 Å². The van der Waals surface area contributed by atoms with Crippen molar-refractivity contribution in [3.8, 4) is 5.75 Å². The van der Waals surface area contributed by atoms with Crippen LogP contribution in [-0.4, -0.2) is 6.61 Å². The van der Waals surface area contributed by atoms with Gasteiger partial charge in [-0.15, -0.1) is 0 Å². The maximum absolute atomic E-state index is 14.7. The second kappa shape index (κ2) is 8.11. The smallest absolute Gasteiger partial charge is 0.387 e. The van der Waals surface area contributed by atoms with Gasteiger partial charge in [0.05, 0.1) is 5.39 Å². The quantitative estimate of drug-likeness (QED) is 0.471. The van der Waals surface area contributed by atoms with Gasteiger partial charge < -0.3 is 4.74 Å². The van der Waals surface area contributed by atoms with Gasteiger partial charge in [0.2, 0.25) is 0 Å². The van der Waals surface area contributed by atoms with E-state index in [2.05, 4.69) is 11.7 Å². The summed E-state index contributed by atoms with van der Waals surface area (Å²) < 4.78 is 72.1. The fourth-order valence-electron chi connectivity index (χ4n) is 5.51. The molecule has 4 rings (SSSR count). The lowest BCUT2D eigenvalue weighted by atomic mass is 9.63. The summed E-state index contributed by atoms with van der Waals surface area (Å²) in [7, 11) is 0. The van der Waals surface area contributed by atoms with Crippen molar-refractivity contribution in [2.75, 3.05) is 0 Å². The molecule has 158 valence electrons. The minimum absolute atomic E-state index is 0.0356. The zero-order valence-corrected chi connectivity index (χ0v) is 16.4. The van der Waals surface area contributed by atoms with E-state index in [4.69, 9.17) is 0 Å². The van der Waals surface area contributed by atoms with Crippen LogP contribution in [-0.2, 0) is 0 Å². The first-order valence-corrected chi connectivity index (χ1v) is 10.4. The van der Waals surface area contributed by atoms with E-state index in [1.54, 1.807) is 6.07 Å². The van der Waals surface area contributed by atoms with Gasteiger partial charge in [0.25, 0.3) is 0 Å². The molecule has 2 aliphatic carbocycles. The predicted octanol–water partition coefficient (Wildman–Crippen LogP) is 7.57. The highest BCUT2D eigenvalue weighted by molar-refractivity contribution is 5.86. The molecule has 0 saturated heterocycles. The molecule has 6 heteroatoms. The van der Waals surface area contributed by atoms with E-state index < -0.39 is 35.2 Å². The first-order chi connectivity index (χ1) is 13.9. The van der Waals surface area contributed by atoms with Crippen LogP contribution in [0.15, 0.2) is 18.2 Å². The number of ether oxygens (including phenoxy) is 1. The fourth-order valence-corrected chi connectivity index (χ4v) is 5.51. The predicted molar refractivity (Wildman–Crippen MR) is 102 cm³/mol. The van der Waals surface area contributed by atoms with Gasteiger partial charge in [0, 0.05) is 0 Å². The molecule has 0 N–H and O–H groups in total. The van der Waals surface area contributed by atoms with Crippen LogP contribution in [0.3, 0.4) is 0 Å². The molecule has 0 bridgehead atoms. The molecule has 0 spiro atoms. The Labute approximate surface area is 167 Å². The number of hydrogen-bond acceptors (Lipinski definition) is 1. The minimum Gasteiger partial charge on any atom is -0.429 e. The number of fused-ring (bicyclic) bond motifs is 2. The Morgan fingerprint density at radius 2 is 1.66 bits per heavy atom. The zero-order valence-electron chi connectivity index (χ0n) is 16.4. The van der Waals surface area contributed by atoms with E-state index >= 15 is 0 Å². The highest BCUT2D eigenvalue weighted by atomic mass is 19.3. The molecule has 2 aliphatic rings. The molecule has 2 aromatic carbocycles. The van der Waals surface area contributed by atoms with Gasteiger partial charge in [-0.05, 0) is 78.9 Å². The summed E-state index contributed by atoms with van der Waals surface area (Å²) in [5.41, 5.74) is 0.729. The van der Waals surface area contributed by atoms with Crippen LogP contribution in [0.25, 0.3) is 10.8 Å². The standard InChI is InChI=1S/C23H25F5O/c1-2-12-3-4-14-8-15(6-5-13(14)7-12)16-9-17-11-19(25)22(29-23(27)28)21(26)20(17)18(24)10-16/h9-15,23H,2-8H2,1H3. The lowest BCUT2D eigenvalue weighted by Crippen LogP contribution is -2.30. The molecular formula is C23H25F5O. The van der Waals surface area contributed by atoms with Crippen LogP contribution >= 0.6 is 0 Å². The van der Waals surface area contributed by atoms with Crippen molar-refractivity contribution >= 4 is 10.8 Å². The van der Waals surface area contributed by atoms with Crippen molar-refractivity contribution in [3.63, 3.8) is 0 Å². The first kappa shape index (κ1) is 20.4. The highest BCUT2D eigenvalue weighted by Crippen LogP contribution is 2.48. The topological polar surface area (TPSA) is 9.23 Å². The zero-order chi connectivity index (χ0) is 20.7. The average Bonchev–Trinajstić information content (AvgIpc) is 2.69. The number of hydrogen-bond donors (Lipinski definition) is 0. The molecule has 0 aromatic heterocycles. The van der Waals surface area contributed by atoms with Gasteiger partial charge in [0.1, 0.15) is 5.82 Å². The molecule has 1 nitrogen and oxygen atoms in total. The van der Waals surface area contributed by atoms with Crippen LogP contribution < -0.4 is 4.74 Å². The lowest BCUT2D eigenvalue weighted by Gasteiger charge is -2.42. The summed E-state index contributed by atoms with van der Waals surface area (Å²) in [4.78, 5) is 0. The van der Waals surface area contributed by atoms with Gasteiger partial charge in [-0.2, -0.15) is 8.78 Å². The number of halogens is 5. The maximum atomic E-state index is 14.7. The van der Waals surface area contributed by atoms with Crippen LogP contribution in [0, 0.1) is 35.2 Å². The SMILES string of the molecule is CCC1CCC2CC(c3cc(F)c4c(F)c(OC(F)F)c(F)cc4c3)CCC2C1. The Bertz CT molecular complexity index is 897. The van der Waals surface area contributed by atoms with Gasteiger partial charge >= 0.3 is 6.61 Å². The van der Waals surface area contributed by atoms with Crippen LogP contribution in [0.1, 0.15) is 63.4 Å². The molecule has 0 amide bonds. The summed E-state index contributed by atoms with van der Waals surface area (Å²) in [5.74, 6) is -2.50. The van der Waals surface area contributed by atoms with E-state index in [-0.39, 0.29) is 11.3 Å². The first-order valence-electron chi connectivity index (χ1n) is 10.4. The monoisotopic (exact) mass is 412 g/mol. The van der Waals surface area contributed by atoms with Gasteiger partial charge in [-0.3, -0.25) is 0 Å². The molecule has 0 heterocycles. The van der Waals surface area contributed by atoms with Gasteiger partial charge in [0.15, 0.2) is 17.4 Å². The summed E-state index contributed by atoms with van der Waals surface area (Å²) in [5, 5.41) is -0.476. The van der Waals surface area contributed by atoms with Crippen LogP contribution in [0.4, 0.5) is 22.0 Å². The van der Waals surface area contributed by atoms with Crippen molar-refractivity contribution in [1.29, 1.82) is 0 Å². The number of alkyl halides is 2. The normalized spacial score (nSPS) is 27.3. The Hall–Kier alpha value is -1.85. The van der Waals surface area contributed by atoms with Crippen molar-refractivity contribution in [3.05, 3.63) is 41.2 Å². The van der Waals surface area contributed by atoms with Gasteiger partial charge in [-0.25, -0.2) is 13.2 Å². The van der Waals surface area contributed by atoms with Gasteiger partial charge in [-0.1, -0.05) is 25.8 Å². The molecule has 2 aromatic rings. The summed E-state index contributed by atoms with van der Waals surface area (Å²) in [6, 6.07) is 3.75. The molecule has 2 fully saturated rings. The summed E-state index contributed by atoms with van der Waals surface area (Å²) in [6.45, 7) is -1.15. The average molecular weight is 412 g/mol. The summed E-state index contributed by atoms with van der Waals surface area (Å²) in [6.07, 6.45) is 7.90. The van der Waals surface area contributed by atoms with Crippen molar-refractivity contribution in [1.82, 2.24) is 0 Å². The summed E-state index contributed by atoms with van der Waals surface area (Å²) >= 11 is 0. The Kier molecular flexibility index (Phi) is 5.71. The second-order valence-corrected chi connectivity index (χ2v) is 8.60. The van der Waals surface area contributed by atoms with E-state index in [0.29, 0.717) is 5.92 Å². The largest absolute Gasteiger partial charge is 0.429 e. The van der Waals surface area contributed by atoms with E-state index in [1.807, 2.05) is 0 Å². The van der Waals surface area contributed by atoms with Crippen molar-refractivity contribution in [2.24, 2.45) is 17.8 Å². The minimum atomic E-state index is -3.39. The van der Waals surface area contributed by atoms with Crippen molar-refractivity contribution < 1.29 is 26.7 Å². The molecule has 29 heavy (non-hydrogen) atoms. The Morgan fingerprint density at radius 1 is 0.931 bits per heavy atom. The molecule has 0 aliphatic heterocycles. The van der Waals surface area contributed by atoms with Crippen LogP contribution in [0.2, 0.25) is 0 Å². The van der Waals surface area contributed by atoms with Crippen LogP contribution in [0.5, 0.6) is 5.75 Å². The van der Waals surface area contributed by atoms with E-state index in [0.717, 1.165) is 42.7 Å². The third kappa shape index (κ3) is 3.95. The fraction of sp³-hybridized carbons (Fsp3) is 0.565. The molecule has 0 radical (unpaired) electrons. The Balaban J connectivity index is 1.63. The third-order valence-corrected chi connectivity index (χ3v) is 7.04. The Morgan fingerprint density at radius 3 is 2.38 bits per heavy atom. The number of rotatable bonds is 4. The molecular weight excluding hydrogens is 387 g/mol. The lowest BCUT2D eigenvalue weighted by molar-refractivity contribution is -0.0544. The molecule has 4 unspecified atom stereocenters. The van der Waals surface area contributed by atoms with Crippen molar-refractivity contribution in [2.45, 2.75) is 64.4 Å². The maximum Gasteiger partial charge on any atom is 0.387 e. The molecule has 4 atom stereocenters. The second-order valence-electron chi connectivity index (χ2n) is 8.60. The molecule has 2 saturated carbocycles. The number of benzene rings is 2. The highest BCUT2D eigenvalue weighted by Gasteiger charge is 2.36. The van der Waals surface area contributed by atoms with E-state index in [1.165, 1.54) is 31.7 Å². The third-order valence-electron chi connectivity index (χ3n) is 7.04.